The average Bonchev–Trinajstić information content (AvgIpc) is 2.78. The van der Waals surface area contributed by atoms with Crippen LogP contribution in [0.1, 0.15) is 50.5 Å². The molecule has 0 aromatic heterocycles. The molecule has 1 aliphatic rings. The summed E-state index contributed by atoms with van der Waals surface area (Å²) in [5, 5.41) is 0. The van der Waals surface area contributed by atoms with E-state index in [1.807, 2.05) is 45.0 Å². The number of rotatable bonds is 1. The highest BCUT2D eigenvalue weighted by Crippen LogP contribution is 2.34. The summed E-state index contributed by atoms with van der Waals surface area (Å²) in [6.45, 7) is 10.5. The summed E-state index contributed by atoms with van der Waals surface area (Å²) < 4.78 is 19.0. The van der Waals surface area contributed by atoms with E-state index in [1.165, 1.54) is 7.11 Å². The van der Waals surface area contributed by atoms with Crippen LogP contribution >= 0.6 is 0 Å². The van der Waals surface area contributed by atoms with Crippen molar-refractivity contribution in [2.45, 2.75) is 51.6 Å². The lowest BCUT2D eigenvalue weighted by atomic mass is 10.0. The number of methoxy groups -OCH3 is 1. The topological polar surface area (TPSA) is 46.6 Å². The Morgan fingerprint density at radius 2 is 1.90 bits per heavy atom. The molecule has 0 amide bonds. The van der Waals surface area contributed by atoms with E-state index in [0.29, 0.717) is 17.0 Å². The number of benzene rings is 1. The van der Waals surface area contributed by atoms with Crippen LogP contribution in [0, 0.1) is 0 Å². The molecule has 1 unspecified atom stereocenters. The van der Waals surface area contributed by atoms with Crippen molar-refractivity contribution in [3.05, 3.63) is 29.3 Å². The van der Waals surface area contributed by atoms with Gasteiger partial charge in [-0.25, -0.2) is 13.3 Å². The fourth-order valence-corrected chi connectivity index (χ4v) is 3.56. The van der Waals surface area contributed by atoms with E-state index in [1.54, 1.807) is 12.1 Å². The van der Waals surface area contributed by atoms with Gasteiger partial charge in [-0.1, -0.05) is 19.9 Å². The summed E-state index contributed by atoms with van der Waals surface area (Å²) in [4.78, 5) is 12.4. The van der Waals surface area contributed by atoms with Gasteiger partial charge in [0.1, 0.15) is 11.0 Å². The van der Waals surface area contributed by atoms with Crippen LogP contribution in [0.15, 0.2) is 23.1 Å². The molecule has 2 rings (SSSR count). The first-order chi connectivity index (χ1) is 9.36. The first-order valence-electron chi connectivity index (χ1n) is 6.76. The minimum Gasteiger partial charge on any atom is -0.465 e. The lowest BCUT2D eigenvalue weighted by Gasteiger charge is -2.29. The fraction of sp³-hybridized carbons (Fsp3) is 0.533. The molecule has 20 heavy (non-hydrogen) atoms. The van der Waals surface area contributed by atoms with Crippen LogP contribution in [0.3, 0.4) is 0 Å². The fourth-order valence-electron chi connectivity index (χ4n) is 2.00. The second-order valence-corrected chi connectivity index (χ2v) is 6.61. The minimum absolute atomic E-state index is 0.211. The summed E-state index contributed by atoms with van der Waals surface area (Å²) in [5.74, 6) is -0.375. The Morgan fingerprint density at radius 1 is 1.30 bits per heavy atom. The number of hydrogen-bond donors (Lipinski definition) is 0. The monoisotopic (exact) mass is 297 g/mol. The second kappa shape index (κ2) is 6.50. The van der Waals surface area contributed by atoms with E-state index in [4.69, 9.17) is 4.74 Å². The summed E-state index contributed by atoms with van der Waals surface area (Å²) in [6.07, 6.45) is 0. The number of nitrogens with zero attached hydrogens (tertiary/aromatic N) is 1. The van der Waals surface area contributed by atoms with E-state index >= 15 is 0 Å². The van der Waals surface area contributed by atoms with Crippen molar-refractivity contribution in [2.24, 2.45) is 0 Å². The van der Waals surface area contributed by atoms with Gasteiger partial charge in [-0.2, -0.15) is 0 Å². The number of hydrogen-bond acceptors (Lipinski definition) is 3. The maximum atomic E-state index is 12.4. The van der Waals surface area contributed by atoms with Crippen molar-refractivity contribution in [3.8, 4) is 0 Å². The van der Waals surface area contributed by atoms with Gasteiger partial charge in [-0.15, -0.1) is 0 Å². The Labute approximate surface area is 123 Å². The molecule has 112 valence electrons. The molecule has 1 heterocycles. The Morgan fingerprint density at radius 3 is 2.40 bits per heavy atom. The predicted molar refractivity (Wildman–Crippen MR) is 80.8 cm³/mol. The molecule has 1 atom stereocenters. The zero-order chi connectivity index (χ0) is 15.5. The van der Waals surface area contributed by atoms with Crippen molar-refractivity contribution in [2.75, 3.05) is 7.11 Å². The normalized spacial score (nSPS) is 18.0. The molecular formula is C15H23NO3S. The highest BCUT2D eigenvalue weighted by Gasteiger charge is 2.36. The number of fused-ring (bicyclic) bond motifs is 1. The van der Waals surface area contributed by atoms with Gasteiger partial charge < -0.3 is 4.74 Å². The van der Waals surface area contributed by atoms with E-state index in [2.05, 4.69) is 0 Å². The van der Waals surface area contributed by atoms with Gasteiger partial charge in [-0.05, 0) is 38.5 Å². The van der Waals surface area contributed by atoms with Crippen molar-refractivity contribution in [1.82, 2.24) is 4.31 Å². The minimum atomic E-state index is -1.21. The van der Waals surface area contributed by atoms with Gasteiger partial charge in [0, 0.05) is 12.1 Å². The van der Waals surface area contributed by atoms with Crippen LogP contribution in [0.4, 0.5) is 0 Å². The highest BCUT2D eigenvalue weighted by atomic mass is 32.2. The van der Waals surface area contributed by atoms with E-state index < -0.39 is 11.0 Å². The van der Waals surface area contributed by atoms with Gasteiger partial charge in [0.15, 0.2) is 0 Å². The smallest absolute Gasteiger partial charge is 0.338 e. The molecule has 0 bridgehead atoms. The van der Waals surface area contributed by atoms with Crippen LogP contribution in [0.5, 0.6) is 0 Å². The number of ether oxygens (including phenoxy) is 1. The molecule has 0 aliphatic carbocycles. The Kier molecular flexibility index (Phi) is 5.48. The Bertz CT molecular complexity index is 520. The number of carbonyl (C=O) groups excluding carboxylic acids is 1. The van der Waals surface area contributed by atoms with Gasteiger partial charge in [-0.3, -0.25) is 0 Å². The molecule has 0 spiro atoms. The number of carbonyl (C=O) groups is 1. The van der Waals surface area contributed by atoms with E-state index in [9.17, 15) is 9.00 Å². The van der Waals surface area contributed by atoms with Crippen LogP contribution in [-0.4, -0.2) is 27.1 Å². The van der Waals surface area contributed by atoms with E-state index in [0.717, 1.165) is 5.56 Å². The maximum Gasteiger partial charge on any atom is 0.338 e. The zero-order valence-corrected chi connectivity index (χ0v) is 13.8. The molecule has 1 aromatic rings. The molecule has 5 heteroatoms. The molecule has 4 nitrogen and oxygen atoms in total. The first-order valence-corrected chi connectivity index (χ1v) is 7.86. The second-order valence-electron chi connectivity index (χ2n) is 5.23. The third-order valence-electron chi connectivity index (χ3n) is 2.98. The molecule has 1 aromatic carbocycles. The Balaban J connectivity index is 0.000000956. The third kappa shape index (κ3) is 3.10. The molecule has 0 saturated carbocycles. The summed E-state index contributed by atoms with van der Waals surface area (Å²) in [6, 6.07) is 5.27. The largest absolute Gasteiger partial charge is 0.465 e. The SMILES string of the molecule is CC.COC(=O)c1cccc2c1CN(C(C)(C)C)S2=O. The molecule has 0 N–H and O–H groups in total. The maximum absolute atomic E-state index is 12.4. The van der Waals surface area contributed by atoms with Gasteiger partial charge in [0.25, 0.3) is 0 Å². The van der Waals surface area contributed by atoms with Crippen LogP contribution in [-0.2, 0) is 22.3 Å². The first kappa shape index (κ1) is 16.9. The molecule has 1 aliphatic heterocycles. The zero-order valence-electron chi connectivity index (χ0n) is 13.0. The standard InChI is InChI=1S/C13H17NO3S.C2H6/c1-13(2,3)14-8-10-9(12(15)17-4)6-5-7-11(10)18(14)16;1-2/h5-7H,8H2,1-4H3;1-2H3. The Hall–Kier alpha value is -1.20. The summed E-state index contributed by atoms with van der Waals surface area (Å²) in [7, 11) is 0.148. The predicted octanol–water partition coefficient (Wildman–Crippen LogP) is 3.14. The quantitative estimate of drug-likeness (QED) is 0.748. The molecule has 0 radical (unpaired) electrons. The lowest BCUT2D eigenvalue weighted by Crippen LogP contribution is -2.38. The van der Waals surface area contributed by atoms with Gasteiger partial charge >= 0.3 is 5.97 Å². The number of esters is 1. The van der Waals surface area contributed by atoms with Crippen LogP contribution < -0.4 is 0 Å². The summed E-state index contributed by atoms with van der Waals surface area (Å²) in [5.41, 5.74) is 1.12. The van der Waals surface area contributed by atoms with Crippen molar-refractivity contribution < 1.29 is 13.7 Å². The summed E-state index contributed by atoms with van der Waals surface area (Å²) >= 11 is 0. The highest BCUT2D eigenvalue weighted by molar-refractivity contribution is 7.83. The van der Waals surface area contributed by atoms with Gasteiger partial charge in [0.2, 0.25) is 0 Å². The van der Waals surface area contributed by atoms with Crippen molar-refractivity contribution in [1.29, 1.82) is 0 Å². The molecular weight excluding hydrogens is 274 g/mol. The average molecular weight is 297 g/mol. The van der Waals surface area contributed by atoms with Crippen molar-refractivity contribution >= 4 is 17.0 Å². The lowest BCUT2D eigenvalue weighted by molar-refractivity contribution is 0.0598. The van der Waals surface area contributed by atoms with Crippen molar-refractivity contribution in [3.63, 3.8) is 0 Å². The van der Waals surface area contributed by atoms with Crippen LogP contribution in [0.2, 0.25) is 0 Å². The third-order valence-corrected chi connectivity index (χ3v) is 4.81. The van der Waals surface area contributed by atoms with Gasteiger partial charge in [0.05, 0.1) is 17.6 Å². The molecule has 0 fully saturated rings. The molecule has 0 saturated heterocycles. The van der Waals surface area contributed by atoms with Crippen LogP contribution in [0.25, 0.3) is 0 Å². The van der Waals surface area contributed by atoms with E-state index in [-0.39, 0.29) is 11.5 Å².